The van der Waals surface area contributed by atoms with Gasteiger partial charge in [-0.2, -0.15) is 0 Å². The predicted molar refractivity (Wildman–Crippen MR) is 97.9 cm³/mol. The lowest BCUT2D eigenvalue weighted by Crippen LogP contribution is -2.54. The Labute approximate surface area is 161 Å². The summed E-state index contributed by atoms with van der Waals surface area (Å²) in [7, 11) is 0. The van der Waals surface area contributed by atoms with Crippen LogP contribution in [0.25, 0.3) is 0 Å². The standard InChI is InChI=1S/C18H23FN4O5/c1-11(25)22-16(10-24)18(28)23-15(7-6-14(26)8-20)17(27)21-9-12-2-4-13(19)5-3-12/h2-5,8,15-16,20,24H,6-7,9-10H2,1H3,(H,21,27)(H,22,25)(H,23,28)/t15-,16-/m0/s1. The molecule has 0 aromatic heterocycles. The van der Waals surface area contributed by atoms with Gasteiger partial charge in [-0.1, -0.05) is 12.1 Å². The monoisotopic (exact) mass is 394 g/mol. The predicted octanol–water partition coefficient (Wildman–Crippen LogP) is -0.577. The minimum absolute atomic E-state index is 0.0686. The molecule has 0 spiro atoms. The summed E-state index contributed by atoms with van der Waals surface area (Å²) in [6, 6.07) is 3.08. The Morgan fingerprint density at radius 3 is 2.29 bits per heavy atom. The Morgan fingerprint density at radius 1 is 1.11 bits per heavy atom. The molecular weight excluding hydrogens is 371 g/mol. The highest BCUT2D eigenvalue weighted by molar-refractivity contribution is 6.26. The van der Waals surface area contributed by atoms with E-state index in [4.69, 9.17) is 5.41 Å². The molecule has 2 atom stereocenters. The summed E-state index contributed by atoms with van der Waals surface area (Å²) in [5.74, 6) is -2.87. The van der Waals surface area contributed by atoms with Gasteiger partial charge in [0.2, 0.25) is 17.7 Å². The van der Waals surface area contributed by atoms with Crippen molar-refractivity contribution in [3.8, 4) is 0 Å². The lowest BCUT2D eigenvalue weighted by molar-refractivity contribution is -0.132. The van der Waals surface area contributed by atoms with Crippen molar-refractivity contribution in [1.82, 2.24) is 16.0 Å². The van der Waals surface area contributed by atoms with Crippen molar-refractivity contribution in [2.45, 2.75) is 38.4 Å². The summed E-state index contributed by atoms with van der Waals surface area (Å²) < 4.78 is 12.9. The largest absolute Gasteiger partial charge is 0.394 e. The number of carbonyl (C=O) groups excluding carboxylic acids is 4. The fourth-order valence-electron chi connectivity index (χ4n) is 2.25. The number of benzene rings is 1. The number of nitrogens with one attached hydrogen (secondary N) is 4. The van der Waals surface area contributed by atoms with E-state index in [1.807, 2.05) is 0 Å². The minimum atomic E-state index is -1.25. The van der Waals surface area contributed by atoms with Crippen molar-refractivity contribution < 1.29 is 28.7 Å². The molecular formula is C18H23FN4O5. The lowest BCUT2D eigenvalue weighted by Gasteiger charge is -2.21. The Bertz CT molecular complexity index is 723. The fraction of sp³-hybridized carbons (Fsp3) is 0.389. The van der Waals surface area contributed by atoms with E-state index < -0.39 is 48.0 Å². The van der Waals surface area contributed by atoms with Gasteiger partial charge in [0.05, 0.1) is 12.8 Å². The van der Waals surface area contributed by atoms with Crippen molar-refractivity contribution in [3.05, 3.63) is 35.6 Å². The zero-order valence-electron chi connectivity index (χ0n) is 15.3. The van der Waals surface area contributed by atoms with Gasteiger partial charge in [-0.25, -0.2) is 4.39 Å². The van der Waals surface area contributed by atoms with Crippen LogP contribution in [0, 0.1) is 11.2 Å². The van der Waals surface area contributed by atoms with Crippen molar-refractivity contribution >= 4 is 29.7 Å². The van der Waals surface area contributed by atoms with Crippen LogP contribution >= 0.6 is 0 Å². The van der Waals surface area contributed by atoms with E-state index in [2.05, 4.69) is 16.0 Å². The number of aliphatic hydroxyl groups is 1. The van der Waals surface area contributed by atoms with Crippen LogP contribution in [-0.2, 0) is 25.7 Å². The SMILES string of the molecule is CC(=O)N[C@@H](CO)C(=O)N[C@@H](CCC(=O)C=N)C(=O)NCc1ccc(F)cc1. The zero-order valence-corrected chi connectivity index (χ0v) is 15.3. The maximum Gasteiger partial charge on any atom is 0.245 e. The molecule has 3 amide bonds. The van der Waals surface area contributed by atoms with E-state index in [1.165, 1.54) is 31.2 Å². The van der Waals surface area contributed by atoms with Gasteiger partial charge >= 0.3 is 0 Å². The number of amides is 3. The van der Waals surface area contributed by atoms with E-state index in [0.29, 0.717) is 11.8 Å². The highest BCUT2D eigenvalue weighted by atomic mass is 19.1. The fourth-order valence-corrected chi connectivity index (χ4v) is 2.25. The van der Waals surface area contributed by atoms with E-state index in [9.17, 15) is 28.7 Å². The molecule has 0 bridgehead atoms. The van der Waals surface area contributed by atoms with Gasteiger partial charge in [-0.15, -0.1) is 0 Å². The maximum atomic E-state index is 12.9. The van der Waals surface area contributed by atoms with E-state index >= 15 is 0 Å². The first-order valence-corrected chi connectivity index (χ1v) is 8.50. The second-order valence-corrected chi connectivity index (χ2v) is 5.99. The van der Waals surface area contributed by atoms with Gasteiger partial charge in [-0.3, -0.25) is 19.2 Å². The van der Waals surface area contributed by atoms with Gasteiger partial charge in [0.25, 0.3) is 0 Å². The van der Waals surface area contributed by atoms with Crippen LogP contribution in [0.5, 0.6) is 0 Å². The summed E-state index contributed by atoms with van der Waals surface area (Å²) in [4.78, 5) is 47.1. The topological polar surface area (TPSA) is 148 Å². The van der Waals surface area contributed by atoms with Gasteiger partial charge in [-0.05, 0) is 24.1 Å². The third-order valence-corrected chi connectivity index (χ3v) is 3.73. The van der Waals surface area contributed by atoms with Gasteiger partial charge in [0, 0.05) is 19.9 Å². The molecule has 0 heterocycles. The average molecular weight is 394 g/mol. The molecule has 0 saturated heterocycles. The number of hydrogen-bond donors (Lipinski definition) is 5. The smallest absolute Gasteiger partial charge is 0.245 e. The molecule has 10 heteroatoms. The zero-order chi connectivity index (χ0) is 21.1. The number of carbonyl (C=O) groups is 4. The molecule has 1 aromatic rings. The second-order valence-electron chi connectivity index (χ2n) is 5.99. The number of halogens is 1. The maximum absolute atomic E-state index is 12.9. The quantitative estimate of drug-likeness (QED) is 0.319. The summed E-state index contributed by atoms with van der Waals surface area (Å²) in [6.07, 6.45) is 0.388. The molecule has 1 rings (SSSR count). The average Bonchev–Trinajstić information content (AvgIpc) is 2.67. The highest BCUT2D eigenvalue weighted by Crippen LogP contribution is 2.04. The summed E-state index contributed by atoms with van der Waals surface area (Å²) in [5, 5.41) is 23.3. The number of hydrogen-bond acceptors (Lipinski definition) is 6. The first-order valence-electron chi connectivity index (χ1n) is 8.50. The molecule has 0 aliphatic rings. The molecule has 0 aliphatic carbocycles. The van der Waals surface area contributed by atoms with Gasteiger partial charge in [0.15, 0.2) is 5.78 Å². The molecule has 0 fully saturated rings. The third-order valence-electron chi connectivity index (χ3n) is 3.73. The molecule has 0 aliphatic heterocycles. The van der Waals surface area contributed by atoms with Crippen LogP contribution in [-0.4, -0.2) is 53.5 Å². The van der Waals surface area contributed by atoms with Crippen LogP contribution in [0.4, 0.5) is 4.39 Å². The molecule has 9 nitrogen and oxygen atoms in total. The van der Waals surface area contributed by atoms with Crippen molar-refractivity contribution in [2.75, 3.05) is 6.61 Å². The van der Waals surface area contributed by atoms with Crippen molar-refractivity contribution in [2.24, 2.45) is 0 Å². The number of rotatable bonds is 11. The molecule has 1 aromatic carbocycles. The van der Waals surface area contributed by atoms with E-state index in [-0.39, 0.29) is 19.4 Å². The van der Waals surface area contributed by atoms with Crippen molar-refractivity contribution in [3.63, 3.8) is 0 Å². The summed E-state index contributed by atoms with van der Waals surface area (Å²) >= 11 is 0. The van der Waals surface area contributed by atoms with Crippen molar-refractivity contribution in [1.29, 1.82) is 5.41 Å². The molecule has 152 valence electrons. The molecule has 28 heavy (non-hydrogen) atoms. The van der Waals surface area contributed by atoms with Crippen LogP contribution in [0.15, 0.2) is 24.3 Å². The summed E-state index contributed by atoms with van der Waals surface area (Å²) in [5.41, 5.74) is 0.627. The van der Waals surface area contributed by atoms with E-state index in [0.717, 1.165) is 0 Å². The normalized spacial score (nSPS) is 12.4. The van der Waals surface area contributed by atoms with Crippen LogP contribution in [0.1, 0.15) is 25.3 Å². The first kappa shape index (κ1) is 22.9. The van der Waals surface area contributed by atoms with Crippen LogP contribution < -0.4 is 16.0 Å². The Morgan fingerprint density at radius 2 is 1.75 bits per heavy atom. The minimum Gasteiger partial charge on any atom is -0.394 e. The Kier molecular flexibility index (Phi) is 9.44. The highest BCUT2D eigenvalue weighted by Gasteiger charge is 2.26. The Balaban J connectivity index is 2.78. The van der Waals surface area contributed by atoms with Crippen LogP contribution in [0.2, 0.25) is 0 Å². The second kappa shape index (κ2) is 11.5. The van der Waals surface area contributed by atoms with E-state index in [1.54, 1.807) is 0 Å². The van der Waals surface area contributed by atoms with Gasteiger partial charge in [0.1, 0.15) is 17.9 Å². The number of ketones is 1. The van der Waals surface area contributed by atoms with Gasteiger partial charge < -0.3 is 26.5 Å². The molecule has 0 saturated carbocycles. The number of aliphatic hydroxyl groups excluding tert-OH is 1. The third kappa shape index (κ3) is 8.04. The van der Waals surface area contributed by atoms with Crippen LogP contribution in [0.3, 0.4) is 0 Å². The summed E-state index contributed by atoms with van der Waals surface area (Å²) in [6.45, 7) is 0.569. The first-order chi connectivity index (χ1) is 13.3. The Hall–Kier alpha value is -3.14. The molecule has 0 radical (unpaired) electrons. The number of Topliss-reactive ketones (excluding diaryl/α,β-unsaturated/α-hetero) is 1. The molecule has 0 unspecified atom stereocenters. The molecule has 5 N–H and O–H groups in total. The lowest BCUT2D eigenvalue weighted by atomic mass is 10.1.